The Balaban J connectivity index is 1.81. The van der Waals surface area contributed by atoms with Crippen molar-refractivity contribution in [1.82, 2.24) is 5.32 Å². The number of ether oxygens (including phenoxy) is 1. The molecule has 0 spiro atoms. The first-order valence-corrected chi connectivity index (χ1v) is 7.02. The molecule has 2 rings (SSSR count). The van der Waals surface area contributed by atoms with E-state index in [1.165, 1.54) is 12.1 Å². The van der Waals surface area contributed by atoms with E-state index >= 15 is 0 Å². The van der Waals surface area contributed by atoms with Gasteiger partial charge in [-0.15, -0.1) is 0 Å². The highest BCUT2D eigenvalue weighted by atomic mass is 19.1. The first-order chi connectivity index (χ1) is 10.6. The van der Waals surface area contributed by atoms with Crippen LogP contribution >= 0.6 is 0 Å². The molecule has 1 unspecified atom stereocenters. The molecule has 1 aromatic carbocycles. The fourth-order valence-corrected chi connectivity index (χ4v) is 1.89. The van der Waals surface area contributed by atoms with Crippen LogP contribution in [0.25, 0.3) is 0 Å². The predicted octanol–water partition coefficient (Wildman–Crippen LogP) is 1.39. The average molecular weight is 308 g/mol. The van der Waals surface area contributed by atoms with Gasteiger partial charge in [-0.25, -0.2) is 9.18 Å². The maximum Gasteiger partial charge on any atom is 0.351 e. The van der Waals surface area contributed by atoms with E-state index in [2.05, 4.69) is 10.5 Å². The van der Waals surface area contributed by atoms with Crippen molar-refractivity contribution in [1.29, 1.82) is 0 Å². The Hall–Kier alpha value is -2.44. The SMILES string of the molecule is CCCNC(=O)COC(=O)C1CC(c2cccc(F)c2)=NO1. The lowest BCUT2D eigenvalue weighted by atomic mass is 10.1. The molecule has 6 nitrogen and oxygen atoms in total. The summed E-state index contributed by atoms with van der Waals surface area (Å²) in [6.07, 6.45) is 0.0759. The van der Waals surface area contributed by atoms with Gasteiger partial charge in [0.25, 0.3) is 5.91 Å². The summed E-state index contributed by atoms with van der Waals surface area (Å²) in [6, 6.07) is 5.86. The second kappa shape index (κ2) is 7.53. The fraction of sp³-hybridized carbons (Fsp3) is 0.400. The summed E-state index contributed by atoms with van der Waals surface area (Å²) in [7, 11) is 0. The molecule has 1 aromatic rings. The number of carbonyl (C=O) groups excluding carboxylic acids is 2. The molecule has 0 aromatic heterocycles. The minimum Gasteiger partial charge on any atom is -0.453 e. The van der Waals surface area contributed by atoms with E-state index in [-0.39, 0.29) is 24.8 Å². The Morgan fingerprint density at radius 2 is 2.32 bits per heavy atom. The molecule has 1 aliphatic heterocycles. The lowest BCUT2D eigenvalue weighted by molar-refractivity contribution is -0.158. The number of amides is 1. The van der Waals surface area contributed by atoms with E-state index in [9.17, 15) is 14.0 Å². The predicted molar refractivity (Wildman–Crippen MR) is 76.7 cm³/mol. The Labute approximate surface area is 127 Å². The number of hydrogen-bond donors (Lipinski definition) is 1. The number of esters is 1. The zero-order valence-electron chi connectivity index (χ0n) is 12.2. The average Bonchev–Trinajstić information content (AvgIpc) is 3.00. The number of halogens is 1. The number of nitrogens with one attached hydrogen (secondary N) is 1. The lowest BCUT2D eigenvalue weighted by Crippen LogP contribution is -2.32. The minimum atomic E-state index is -0.905. The van der Waals surface area contributed by atoms with E-state index in [1.807, 2.05) is 6.92 Å². The van der Waals surface area contributed by atoms with Crippen molar-refractivity contribution in [3.8, 4) is 0 Å². The van der Waals surface area contributed by atoms with Crippen molar-refractivity contribution < 1.29 is 23.6 Å². The maximum atomic E-state index is 13.2. The highest BCUT2D eigenvalue weighted by molar-refractivity contribution is 6.03. The summed E-state index contributed by atoms with van der Waals surface area (Å²) in [4.78, 5) is 28.1. The molecule has 1 aliphatic rings. The van der Waals surface area contributed by atoms with Crippen LogP contribution in [0, 0.1) is 5.82 Å². The van der Waals surface area contributed by atoms with Gasteiger partial charge in [-0.3, -0.25) is 4.79 Å². The van der Waals surface area contributed by atoms with Crippen molar-refractivity contribution in [2.24, 2.45) is 5.16 Å². The van der Waals surface area contributed by atoms with Gasteiger partial charge in [0.05, 0.1) is 5.71 Å². The Bertz CT molecular complexity index is 589. The fourth-order valence-electron chi connectivity index (χ4n) is 1.89. The van der Waals surface area contributed by atoms with Crippen molar-refractivity contribution >= 4 is 17.6 Å². The molecule has 0 fully saturated rings. The van der Waals surface area contributed by atoms with Crippen LogP contribution in [0.5, 0.6) is 0 Å². The van der Waals surface area contributed by atoms with Gasteiger partial charge < -0.3 is 14.9 Å². The maximum absolute atomic E-state index is 13.2. The molecule has 1 heterocycles. The van der Waals surface area contributed by atoms with Crippen molar-refractivity contribution in [3.05, 3.63) is 35.6 Å². The molecule has 0 saturated heterocycles. The third-order valence-corrected chi connectivity index (χ3v) is 3.01. The van der Waals surface area contributed by atoms with E-state index in [1.54, 1.807) is 12.1 Å². The van der Waals surface area contributed by atoms with Crippen LogP contribution in [0.4, 0.5) is 4.39 Å². The first-order valence-electron chi connectivity index (χ1n) is 7.02. The van der Waals surface area contributed by atoms with Crippen molar-refractivity contribution in [3.63, 3.8) is 0 Å². The number of nitrogens with zero attached hydrogens (tertiary/aromatic N) is 1. The van der Waals surface area contributed by atoms with Crippen molar-refractivity contribution in [2.45, 2.75) is 25.9 Å². The summed E-state index contributed by atoms with van der Waals surface area (Å²) in [5.41, 5.74) is 1.02. The zero-order chi connectivity index (χ0) is 15.9. The molecular formula is C15H17FN2O4. The molecule has 0 radical (unpaired) electrons. The molecule has 1 amide bonds. The first kappa shape index (κ1) is 15.9. The zero-order valence-corrected chi connectivity index (χ0v) is 12.2. The lowest BCUT2D eigenvalue weighted by Gasteiger charge is -2.08. The largest absolute Gasteiger partial charge is 0.453 e. The molecule has 22 heavy (non-hydrogen) atoms. The third-order valence-electron chi connectivity index (χ3n) is 3.01. The minimum absolute atomic E-state index is 0.179. The van der Waals surface area contributed by atoms with Crippen LogP contribution in [0.15, 0.2) is 29.4 Å². The van der Waals surface area contributed by atoms with E-state index in [4.69, 9.17) is 9.57 Å². The van der Waals surface area contributed by atoms with Gasteiger partial charge in [0.2, 0.25) is 6.10 Å². The van der Waals surface area contributed by atoms with Gasteiger partial charge in [-0.05, 0) is 18.6 Å². The Kier molecular flexibility index (Phi) is 5.46. The van der Waals surface area contributed by atoms with Crippen LogP contribution in [0.1, 0.15) is 25.3 Å². The van der Waals surface area contributed by atoms with Crippen LogP contribution in [-0.2, 0) is 19.2 Å². The number of carbonyl (C=O) groups is 2. The smallest absolute Gasteiger partial charge is 0.351 e. The quantitative estimate of drug-likeness (QED) is 0.806. The topological polar surface area (TPSA) is 77.0 Å². The monoisotopic (exact) mass is 308 g/mol. The molecule has 1 atom stereocenters. The summed E-state index contributed by atoms with van der Waals surface area (Å²) in [5, 5.41) is 6.37. The van der Waals surface area contributed by atoms with Gasteiger partial charge in [0.15, 0.2) is 6.61 Å². The van der Waals surface area contributed by atoms with E-state index in [0.717, 1.165) is 6.42 Å². The van der Waals surface area contributed by atoms with Crippen LogP contribution in [-0.4, -0.2) is 36.8 Å². The van der Waals surface area contributed by atoms with Crippen LogP contribution in [0.3, 0.4) is 0 Å². The summed E-state index contributed by atoms with van der Waals surface area (Å²) >= 11 is 0. The molecular weight excluding hydrogens is 291 g/mol. The molecule has 7 heteroatoms. The van der Waals surface area contributed by atoms with Crippen LogP contribution < -0.4 is 5.32 Å². The normalized spacial score (nSPS) is 16.6. The Morgan fingerprint density at radius 1 is 1.50 bits per heavy atom. The second-order valence-electron chi connectivity index (χ2n) is 4.80. The van der Waals surface area contributed by atoms with Gasteiger partial charge in [0, 0.05) is 18.5 Å². The molecule has 0 aliphatic carbocycles. The number of hydrogen-bond acceptors (Lipinski definition) is 5. The van der Waals surface area contributed by atoms with E-state index < -0.39 is 12.1 Å². The third kappa shape index (κ3) is 4.28. The molecule has 0 bridgehead atoms. The van der Waals surface area contributed by atoms with Gasteiger partial charge in [-0.2, -0.15) is 0 Å². The molecule has 118 valence electrons. The molecule has 1 N–H and O–H groups in total. The Morgan fingerprint density at radius 3 is 3.05 bits per heavy atom. The summed E-state index contributed by atoms with van der Waals surface area (Å²) < 4.78 is 18.0. The highest BCUT2D eigenvalue weighted by Gasteiger charge is 2.30. The van der Waals surface area contributed by atoms with E-state index in [0.29, 0.717) is 17.8 Å². The van der Waals surface area contributed by atoms with Gasteiger partial charge >= 0.3 is 5.97 Å². The summed E-state index contributed by atoms with van der Waals surface area (Å²) in [6.45, 7) is 2.10. The number of rotatable bonds is 6. The number of benzene rings is 1. The van der Waals surface area contributed by atoms with Crippen molar-refractivity contribution in [2.75, 3.05) is 13.2 Å². The number of oxime groups is 1. The standard InChI is InChI=1S/C15H17FN2O4/c1-2-6-17-14(19)9-21-15(20)13-8-12(18-22-13)10-4-3-5-11(16)7-10/h3-5,7,13H,2,6,8-9H2,1H3,(H,17,19). The molecule has 0 saturated carbocycles. The van der Waals surface area contributed by atoms with Crippen LogP contribution in [0.2, 0.25) is 0 Å². The van der Waals surface area contributed by atoms with Gasteiger partial charge in [0.1, 0.15) is 5.82 Å². The summed E-state index contributed by atoms with van der Waals surface area (Å²) in [5.74, 6) is -1.42. The second-order valence-corrected chi connectivity index (χ2v) is 4.80. The van der Waals surface area contributed by atoms with Gasteiger partial charge in [-0.1, -0.05) is 24.2 Å². The highest BCUT2D eigenvalue weighted by Crippen LogP contribution is 2.18.